The van der Waals surface area contributed by atoms with Gasteiger partial charge < -0.3 is 4.57 Å². The molecule has 0 unspecified atom stereocenters. The molecule has 0 aliphatic heterocycles. The van der Waals surface area contributed by atoms with Gasteiger partial charge in [0.2, 0.25) is 10.6 Å². The monoisotopic (exact) mass is 622 g/mol. The Balaban J connectivity index is 1.54. The summed E-state index contributed by atoms with van der Waals surface area (Å²) in [5.41, 5.74) is 6.44. The smallest absolute Gasteiger partial charge is 0.227 e. The molecule has 0 bridgehead atoms. The lowest BCUT2D eigenvalue weighted by Gasteiger charge is -2.12. The van der Waals surface area contributed by atoms with Crippen molar-refractivity contribution in [2.24, 2.45) is 0 Å². The molecule has 6 aromatic carbocycles. The summed E-state index contributed by atoms with van der Waals surface area (Å²) < 4.78 is 4.80. The van der Waals surface area contributed by atoms with Gasteiger partial charge in [-0.3, -0.25) is 0 Å². The molecule has 0 amide bonds. The summed E-state index contributed by atoms with van der Waals surface area (Å²) in [4.78, 5) is 13.1. The van der Waals surface area contributed by atoms with Crippen LogP contribution < -0.4 is 0 Å². The lowest BCUT2D eigenvalue weighted by Crippen LogP contribution is -1.97. The zero-order chi connectivity index (χ0) is 29.4. The van der Waals surface area contributed by atoms with Gasteiger partial charge in [-0.25, -0.2) is 0 Å². The molecule has 4 nitrogen and oxygen atoms in total. The van der Waals surface area contributed by atoms with E-state index in [9.17, 15) is 0 Å². The van der Waals surface area contributed by atoms with Gasteiger partial charge in [0.15, 0.2) is 5.82 Å². The average molecular weight is 624 g/mol. The van der Waals surface area contributed by atoms with Crippen LogP contribution in [-0.2, 0) is 0 Å². The van der Waals surface area contributed by atoms with E-state index in [0.29, 0.717) is 5.82 Å². The van der Waals surface area contributed by atoms with Crippen LogP contribution in [0.25, 0.3) is 81.0 Å². The van der Waals surface area contributed by atoms with E-state index in [1.165, 1.54) is 42.1 Å². The number of nitrogens with zero attached hydrogens (tertiary/aromatic N) is 4. The Hall–Kier alpha value is -4.81. The van der Waals surface area contributed by atoms with Gasteiger partial charge in [-0.15, -0.1) is 11.3 Å². The summed E-state index contributed by atoms with van der Waals surface area (Å²) >= 11 is 14.5. The predicted octanol–water partition coefficient (Wildman–Crippen LogP) is 11.1. The molecule has 0 fully saturated rings. The normalized spacial score (nSPS) is 11.9. The van der Waals surface area contributed by atoms with Crippen LogP contribution in [0.2, 0.25) is 10.6 Å². The number of hydrogen-bond acceptors (Lipinski definition) is 4. The molecular formula is C37H20Cl2N4S. The number of halogens is 2. The van der Waals surface area contributed by atoms with Crippen LogP contribution in [0.4, 0.5) is 0 Å². The topological polar surface area (TPSA) is 43.6 Å². The van der Waals surface area contributed by atoms with E-state index >= 15 is 0 Å². The van der Waals surface area contributed by atoms with Crippen molar-refractivity contribution >= 4 is 87.3 Å². The van der Waals surface area contributed by atoms with Crippen LogP contribution in [0.1, 0.15) is 0 Å². The van der Waals surface area contributed by atoms with Gasteiger partial charge in [-0.05, 0) is 76.1 Å². The van der Waals surface area contributed by atoms with E-state index in [1.807, 2.05) is 17.4 Å². The highest BCUT2D eigenvalue weighted by Crippen LogP contribution is 2.47. The molecule has 0 radical (unpaired) electrons. The van der Waals surface area contributed by atoms with Crippen LogP contribution >= 0.6 is 34.5 Å². The van der Waals surface area contributed by atoms with Crippen molar-refractivity contribution in [3.63, 3.8) is 0 Å². The molecule has 3 aromatic heterocycles. The second kappa shape index (κ2) is 9.86. The molecule has 7 heteroatoms. The molecule has 3 heterocycles. The molecule has 208 valence electrons. The van der Waals surface area contributed by atoms with Crippen molar-refractivity contribution < 1.29 is 0 Å². The van der Waals surface area contributed by atoms with Crippen molar-refractivity contribution in [2.75, 3.05) is 0 Å². The number of thiophene rings is 1. The Morgan fingerprint density at radius 1 is 0.523 bits per heavy atom. The SMILES string of the molecule is Clc1nc(Cl)nc(-c2cc3c(c4cc(-c5ccccc5)ccc4n3-c3ccccc3)c3c2ccc2c4ccccc4sc23)n1. The van der Waals surface area contributed by atoms with Crippen molar-refractivity contribution in [1.82, 2.24) is 19.5 Å². The molecular weight excluding hydrogens is 603 g/mol. The third-order valence-corrected chi connectivity index (χ3v) is 9.86. The third-order valence-electron chi connectivity index (χ3n) is 8.32. The van der Waals surface area contributed by atoms with E-state index in [2.05, 4.69) is 135 Å². The predicted molar refractivity (Wildman–Crippen MR) is 185 cm³/mol. The average Bonchev–Trinajstić information content (AvgIpc) is 3.60. The number of rotatable bonds is 3. The maximum atomic E-state index is 6.34. The zero-order valence-electron chi connectivity index (χ0n) is 23.0. The minimum Gasteiger partial charge on any atom is -0.309 e. The highest BCUT2D eigenvalue weighted by Gasteiger charge is 2.23. The Labute approximate surface area is 265 Å². The lowest BCUT2D eigenvalue weighted by atomic mass is 9.95. The zero-order valence-corrected chi connectivity index (χ0v) is 25.3. The molecule has 9 aromatic rings. The lowest BCUT2D eigenvalue weighted by molar-refractivity contribution is 1.06. The minimum atomic E-state index is 0.0623. The Kier molecular flexibility index (Phi) is 5.75. The van der Waals surface area contributed by atoms with Gasteiger partial charge in [0.1, 0.15) is 0 Å². The Bertz CT molecular complexity index is 2550. The molecule has 44 heavy (non-hydrogen) atoms. The molecule has 0 saturated carbocycles. The fourth-order valence-electron chi connectivity index (χ4n) is 6.48. The van der Waals surface area contributed by atoms with Gasteiger partial charge in [0.25, 0.3) is 0 Å². The largest absolute Gasteiger partial charge is 0.309 e. The summed E-state index contributed by atoms with van der Waals surface area (Å²) in [6, 6.07) is 43.0. The Morgan fingerprint density at radius 3 is 2.02 bits per heavy atom. The van der Waals surface area contributed by atoms with Crippen LogP contribution in [0.5, 0.6) is 0 Å². The van der Waals surface area contributed by atoms with E-state index in [-0.39, 0.29) is 10.6 Å². The fourth-order valence-corrected chi connectivity index (χ4v) is 8.10. The van der Waals surface area contributed by atoms with Crippen LogP contribution in [-0.4, -0.2) is 19.5 Å². The summed E-state index contributed by atoms with van der Waals surface area (Å²) in [6.45, 7) is 0. The van der Waals surface area contributed by atoms with Gasteiger partial charge >= 0.3 is 0 Å². The second-order valence-electron chi connectivity index (χ2n) is 10.7. The highest BCUT2D eigenvalue weighted by molar-refractivity contribution is 7.26. The third kappa shape index (κ3) is 3.87. The Morgan fingerprint density at radius 2 is 1.23 bits per heavy atom. The van der Waals surface area contributed by atoms with E-state index in [0.717, 1.165) is 33.1 Å². The quantitative estimate of drug-likeness (QED) is 0.197. The molecule has 0 saturated heterocycles. The molecule has 0 spiro atoms. The summed E-state index contributed by atoms with van der Waals surface area (Å²) in [6.07, 6.45) is 0. The summed E-state index contributed by atoms with van der Waals surface area (Å²) in [5, 5.41) is 7.15. The molecule has 0 aliphatic carbocycles. The van der Waals surface area contributed by atoms with E-state index in [4.69, 9.17) is 23.2 Å². The van der Waals surface area contributed by atoms with Crippen LogP contribution in [0.15, 0.2) is 121 Å². The fraction of sp³-hybridized carbons (Fsp3) is 0. The van der Waals surface area contributed by atoms with Crippen molar-refractivity contribution in [3.8, 4) is 28.2 Å². The number of para-hydroxylation sites is 1. The number of fused-ring (bicyclic) bond motifs is 9. The number of aromatic nitrogens is 4. The van der Waals surface area contributed by atoms with Crippen molar-refractivity contribution in [1.29, 1.82) is 0 Å². The maximum Gasteiger partial charge on any atom is 0.227 e. The van der Waals surface area contributed by atoms with Gasteiger partial charge in [-0.1, -0.05) is 84.9 Å². The molecule has 0 N–H and O–H groups in total. The van der Waals surface area contributed by atoms with Crippen LogP contribution in [0, 0.1) is 0 Å². The first kappa shape index (κ1) is 25.7. The van der Waals surface area contributed by atoms with Gasteiger partial charge in [0.05, 0.1) is 11.0 Å². The number of hydrogen-bond donors (Lipinski definition) is 0. The van der Waals surface area contributed by atoms with Gasteiger partial charge in [-0.2, -0.15) is 15.0 Å². The van der Waals surface area contributed by atoms with E-state index < -0.39 is 0 Å². The second-order valence-corrected chi connectivity index (χ2v) is 12.5. The first-order chi connectivity index (χ1) is 21.6. The van der Waals surface area contributed by atoms with Crippen molar-refractivity contribution in [2.45, 2.75) is 0 Å². The minimum absolute atomic E-state index is 0.0623. The molecule has 0 atom stereocenters. The highest BCUT2D eigenvalue weighted by atomic mass is 35.5. The first-order valence-electron chi connectivity index (χ1n) is 14.2. The summed E-state index contributed by atoms with van der Waals surface area (Å²) in [5.74, 6) is 0.442. The summed E-state index contributed by atoms with van der Waals surface area (Å²) in [7, 11) is 0. The van der Waals surface area contributed by atoms with Crippen molar-refractivity contribution in [3.05, 3.63) is 132 Å². The standard InChI is InChI=1S/C37H20Cl2N4S/c38-36-40-35(41-37(39)42-36)27-20-30-32(33-25(27)16-17-26-24-13-7-8-14-31(24)44-34(26)33)28-19-22(21-9-3-1-4-10-21)15-18-29(28)43(30)23-11-5-2-6-12-23/h1-20H. The maximum absolute atomic E-state index is 6.34. The number of benzene rings is 6. The molecule has 9 rings (SSSR count). The molecule has 0 aliphatic rings. The van der Waals surface area contributed by atoms with Crippen LogP contribution in [0.3, 0.4) is 0 Å². The van der Waals surface area contributed by atoms with Gasteiger partial charge in [0, 0.05) is 47.6 Å². The first-order valence-corrected chi connectivity index (χ1v) is 15.7. The van der Waals surface area contributed by atoms with E-state index in [1.54, 1.807) is 0 Å².